The smallest absolute Gasteiger partial charge is 0.173 e. The SMILES string of the molecule is COc1ccc(C(C)NC2C=CS(=O)(=O)C2)c(O)c1. The summed E-state index contributed by atoms with van der Waals surface area (Å²) in [5, 5.41) is 14.3. The third-order valence-corrected chi connectivity index (χ3v) is 4.49. The van der Waals surface area contributed by atoms with Gasteiger partial charge in [-0.05, 0) is 13.0 Å². The number of aromatic hydroxyl groups is 1. The van der Waals surface area contributed by atoms with Gasteiger partial charge >= 0.3 is 0 Å². The molecule has 0 amide bonds. The lowest BCUT2D eigenvalue weighted by molar-refractivity contribution is 0.403. The summed E-state index contributed by atoms with van der Waals surface area (Å²) in [6, 6.07) is 4.68. The molecule has 1 aromatic carbocycles. The van der Waals surface area contributed by atoms with E-state index >= 15 is 0 Å². The van der Waals surface area contributed by atoms with Crippen LogP contribution in [0.25, 0.3) is 0 Å². The molecule has 0 aliphatic carbocycles. The van der Waals surface area contributed by atoms with Gasteiger partial charge in [0.1, 0.15) is 11.5 Å². The number of hydrogen-bond donors (Lipinski definition) is 2. The van der Waals surface area contributed by atoms with Crippen LogP contribution >= 0.6 is 0 Å². The first-order chi connectivity index (χ1) is 8.91. The lowest BCUT2D eigenvalue weighted by Crippen LogP contribution is -2.32. The van der Waals surface area contributed by atoms with E-state index in [0.29, 0.717) is 11.3 Å². The third-order valence-electron chi connectivity index (χ3n) is 3.10. The van der Waals surface area contributed by atoms with Crippen molar-refractivity contribution in [1.82, 2.24) is 5.32 Å². The second kappa shape index (κ2) is 5.22. The molecule has 6 heteroatoms. The number of phenolic OH excluding ortho intramolecular Hbond substituents is 1. The van der Waals surface area contributed by atoms with E-state index in [2.05, 4.69) is 5.32 Å². The van der Waals surface area contributed by atoms with Gasteiger partial charge < -0.3 is 15.2 Å². The monoisotopic (exact) mass is 283 g/mol. The van der Waals surface area contributed by atoms with Gasteiger partial charge in [0.25, 0.3) is 0 Å². The van der Waals surface area contributed by atoms with Crippen molar-refractivity contribution in [3.8, 4) is 11.5 Å². The Labute approximate surface area is 112 Å². The zero-order chi connectivity index (χ0) is 14.0. The summed E-state index contributed by atoms with van der Waals surface area (Å²) in [5.74, 6) is 0.773. The van der Waals surface area contributed by atoms with Crippen LogP contribution in [0, 0.1) is 0 Å². The van der Waals surface area contributed by atoms with Gasteiger partial charge in [-0.25, -0.2) is 8.42 Å². The summed E-state index contributed by atoms with van der Waals surface area (Å²) < 4.78 is 27.7. The highest BCUT2D eigenvalue weighted by molar-refractivity contribution is 7.94. The molecular weight excluding hydrogens is 266 g/mol. The van der Waals surface area contributed by atoms with Crippen molar-refractivity contribution in [2.45, 2.75) is 19.0 Å². The van der Waals surface area contributed by atoms with Crippen molar-refractivity contribution < 1.29 is 18.3 Å². The molecule has 2 N–H and O–H groups in total. The first kappa shape index (κ1) is 13.9. The molecule has 0 bridgehead atoms. The lowest BCUT2D eigenvalue weighted by atomic mass is 10.1. The fourth-order valence-electron chi connectivity index (χ4n) is 2.11. The quantitative estimate of drug-likeness (QED) is 0.872. The van der Waals surface area contributed by atoms with Crippen molar-refractivity contribution in [2.24, 2.45) is 0 Å². The largest absolute Gasteiger partial charge is 0.507 e. The molecular formula is C13H17NO4S. The van der Waals surface area contributed by atoms with E-state index in [0.717, 1.165) is 0 Å². The van der Waals surface area contributed by atoms with Crippen molar-refractivity contribution in [2.75, 3.05) is 12.9 Å². The van der Waals surface area contributed by atoms with Gasteiger partial charge in [0, 0.05) is 29.1 Å². The minimum Gasteiger partial charge on any atom is -0.507 e. The van der Waals surface area contributed by atoms with Crippen LogP contribution in [0.2, 0.25) is 0 Å². The summed E-state index contributed by atoms with van der Waals surface area (Å²) in [6.45, 7) is 1.88. The standard InChI is InChI=1S/C13H17NO4S/c1-9(14-10-5-6-19(16,17)8-10)12-4-3-11(18-2)7-13(12)15/h3-7,9-10,14-15H,8H2,1-2H3. The minimum absolute atomic E-state index is 0.0637. The van der Waals surface area contributed by atoms with Crippen molar-refractivity contribution >= 4 is 9.84 Å². The van der Waals surface area contributed by atoms with Gasteiger partial charge in [0.2, 0.25) is 0 Å². The molecule has 2 unspecified atom stereocenters. The second-order valence-corrected chi connectivity index (χ2v) is 6.51. The maximum absolute atomic E-state index is 11.3. The van der Waals surface area contributed by atoms with Crippen LogP contribution in [-0.2, 0) is 9.84 Å². The first-order valence-electron chi connectivity index (χ1n) is 5.95. The fourth-order valence-corrected chi connectivity index (χ4v) is 3.36. The van der Waals surface area contributed by atoms with E-state index < -0.39 is 9.84 Å². The van der Waals surface area contributed by atoms with Crippen LogP contribution in [0.5, 0.6) is 11.5 Å². The number of benzene rings is 1. The number of hydrogen-bond acceptors (Lipinski definition) is 5. The second-order valence-electron chi connectivity index (χ2n) is 4.58. The van der Waals surface area contributed by atoms with Gasteiger partial charge in [0.05, 0.1) is 12.9 Å². The molecule has 5 nitrogen and oxygen atoms in total. The van der Waals surface area contributed by atoms with E-state index in [-0.39, 0.29) is 23.6 Å². The van der Waals surface area contributed by atoms with Crippen molar-refractivity contribution in [1.29, 1.82) is 0 Å². The number of rotatable bonds is 4. The average Bonchev–Trinajstić information content (AvgIpc) is 2.68. The van der Waals surface area contributed by atoms with Gasteiger partial charge in [-0.1, -0.05) is 12.1 Å². The van der Waals surface area contributed by atoms with E-state index in [1.54, 1.807) is 18.2 Å². The Bertz CT molecular complexity index is 595. The molecule has 104 valence electrons. The highest BCUT2D eigenvalue weighted by atomic mass is 32.2. The maximum Gasteiger partial charge on any atom is 0.173 e. The topological polar surface area (TPSA) is 75.6 Å². The van der Waals surface area contributed by atoms with E-state index in [1.807, 2.05) is 6.92 Å². The zero-order valence-corrected chi connectivity index (χ0v) is 11.6. The first-order valence-corrected chi connectivity index (χ1v) is 7.67. The summed E-state index contributed by atoms with van der Waals surface area (Å²) in [6.07, 6.45) is 1.63. The molecule has 0 fully saturated rings. The van der Waals surface area contributed by atoms with Gasteiger partial charge in [-0.3, -0.25) is 0 Å². The predicted molar refractivity (Wildman–Crippen MR) is 72.9 cm³/mol. The number of phenols is 1. The molecule has 2 atom stereocenters. The summed E-state index contributed by atoms with van der Waals surface area (Å²) in [4.78, 5) is 0. The van der Waals surface area contributed by atoms with Crippen molar-refractivity contribution in [3.63, 3.8) is 0 Å². The number of sulfone groups is 1. The minimum atomic E-state index is -3.07. The molecule has 2 rings (SSSR count). The van der Waals surface area contributed by atoms with Crippen LogP contribution in [0.1, 0.15) is 18.5 Å². The Morgan fingerprint density at radius 2 is 2.21 bits per heavy atom. The number of nitrogens with one attached hydrogen (secondary N) is 1. The van der Waals surface area contributed by atoms with Crippen LogP contribution < -0.4 is 10.1 Å². The van der Waals surface area contributed by atoms with Crippen LogP contribution in [-0.4, -0.2) is 32.4 Å². The molecule has 0 saturated carbocycles. The molecule has 0 spiro atoms. The Morgan fingerprint density at radius 1 is 1.47 bits per heavy atom. The molecule has 0 radical (unpaired) electrons. The Hall–Kier alpha value is -1.53. The molecule has 1 heterocycles. The van der Waals surface area contributed by atoms with Crippen LogP contribution in [0.15, 0.2) is 29.7 Å². The average molecular weight is 283 g/mol. The van der Waals surface area contributed by atoms with E-state index in [9.17, 15) is 13.5 Å². The summed E-state index contributed by atoms with van der Waals surface area (Å²) in [7, 11) is -1.54. The van der Waals surface area contributed by atoms with Crippen molar-refractivity contribution in [3.05, 3.63) is 35.2 Å². The Morgan fingerprint density at radius 3 is 2.74 bits per heavy atom. The molecule has 1 aliphatic heterocycles. The number of methoxy groups -OCH3 is 1. The Kier molecular flexibility index (Phi) is 3.82. The molecule has 1 aromatic rings. The highest BCUT2D eigenvalue weighted by Gasteiger charge is 2.23. The third kappa shape index (κ3) is 3.27. The Balaban J connectivity index is 2.08. The van der Waals surface area contributed by atoms with Crippen LogP contribution in [0.3, 0.4) is 0 Å². The highest BCUT2D eigenvalue weighted by Crippen LogP contribution is 2.28. The molecule has 19 heavy (non-hydrogen) atoms. The molecule has 0 aromatic heterocycles. The van der Waals surface area contributed by atoms with Gasteiger partial charge in [-0.2, -0.15) is 0 Å². The maximum atomic E-state index is 11.3. The zero-order valence-electron chi connectivity index (χ0n) is 10.8. The van der Waals surface area contributed by atoms with Gasteiger partial charge in [-0.15, -0.1) is 0 Å². The summed E-state index contributed by atoms with van der Waals surface area (Å²) in [5.41, 5.74) is 0.707. The number of ether oxygens (including phenoxy) is 1. The normalized spacial score (nSPS) is 22.3. The van der Waals surface area contributed by atoms with E-state index in [1.165, 1.54) is 18.6 Å². The molecule has 0 saturated heterocycles. The fraction of sp³-hybridized carbons (Fsp3) is 0.385. The predicted octanol–water partition coefficient (Wildman–Crippen LogP) is 1.36. The van der Waals surface area contributed by atoms with E-state index in [4.69, 9.17) is 4.74 Å². The van der Waals surface area contributed by atoms with Crippen LogP contribution in [0.4, 0.5) is 0 Å². The molecule has 1 aliphatic rings. The lowest BCUT2D eigenvalue weighted by Gasteiger charge is -2.19. The van der Waals surface area contributed by atoms with Gasteiger partial charge in [0.15, 0.2) is 9.84 Å². The summed E-state index contributed by atoms with van der Waals surface area (Å²) >= 11 is 0.